The van der Waals surface area contributed by atoms with Gasteiger partial charge in [0, 0.05) is 5.71 Å². The number of hydrogen-bond acceptors (Lipinski definition) is 4. The zero-order valence-corrected chi connectivity index (χ0v) is 12.0. The van der Waals surface area contributed by atoms with Crippen LogP contribution >= 0.6 is 11.8 Å². The molecule has 1 heterocycles. The van der Waals surface area contributed by atoms with E-state index in [9.17, 15) is 4.79 Å². The molecule has 5 heteroatoms. The molecule has 1 amide bonds. The Bertz CT molecular complexity index is 511. The van der Waals surface area contributed by atoms with Crippen LogP contribution in [-0.2, 0) is 11.3 Å². The smallest absolute Gasteiger partial charge is 0.239 e. The molecule has 0 saturated carbocycles. The van der Waals surface area contributed by atoms with E-state index in [4.69, 9.17) is 0 Å². The summed E-state index contributed by atoms with van der Waals surface area (Å²) in [6.07, 6.45) is 0.869. The number of amides is 1. The number of amidine groups is 1. The van der Waals surface area contributed by atoms with Gasteiger partial charge in [-0.1, -0.05) is 49.0 Å². The van der Waals surface area contributed by atoms with E-state index in [1.165, 1.54) is 11.8 Å². The van der Waals surface area contributed by atoms with Crippen LogP contribution in [0.4, 0.5) is 0 Å². The maximum absolute atomic E-state index is 11.9. The fourth-order valence-electron chi connectivity index (χ4n) is 1.59. The van der Waals surface area contributed by atoms with E-state index < -0.39 is 0 Å². The molecule has 1 aromatic carbocycles. The number of hydrogen-bond donors (Lipinski definition) is 0. The molecular weight excluding hydrogens is 258 g/mol. The molecule has 0 bridgehead atoms. The Morgan fingerprint density at radius 3 is 2.79 bits per heavy atom. The molecule has 1 fully saturated rings. The monoisotopic (exact) mass is 275 g/mol. The second kappa shape index (κ2) is 6.52. The Morgan fingerprint density at radius 2 is 2.11 bits per heavy atom. The van der Waals surface area contributed by atoms with Gasteiger partial charge in [-0.05, 0) is 18.9 Å². The molecule has 0 unspecified atom stereocenters. The molecule has 1 saturated heterocycles. The van der Waals surface area contributed by atoms with Gasteiger partial charge in [0.2, 0.25) is 5.91 Å². The first-order valence-electron chi connectivity index (χ1n) is 6.29. The zero-order chi connectivity index (χ0) is 13.7. The molecule has 4 nitrogen and oxygen atoms in total. The Kier molecular flexibility index (Phi) is 4.74. The summed E-state index contributed by atoms with van der Waals surface area (Å²) in [4.78, 5) is 13.6. The van der Waals surface area contributed by atoms with Crippen molar-refractivity contribution in [2.24, 2.45) is 10.2 Å². The van der Waals surface area contributed by atoms with E-state index in [1.807, 2.05) is 44.2 Å². The third-order valence-electron chi connectivity index (χ3n) is 2.86. The number of carbonyl (C=O) groups is 1. The predicted molar refractivity (Wildman–Crippen MR) is 80.3 cm³/mol. The second-order valence-electron chi connectivity index (χ2n) is 4.33. The molecule has 2 rings (SSSR count). The molecule has 0 aliphatic carbocycles. The first-order chi connectivity index (χ1) is 9.20. The summed E-state index contributed by atoms with van der Waals surface area (Å²) in [5.41, 5.74) is 2.06. The van der Waals surface area contributed by atoms with Gasteiger partial charge in [-0.3, -0.25) is 9.69 Å². The molecule has 0 spiro atoms. The van der Waals surface area contributed by atoms with Crippen LogP contribution in [0.15, 0.2) is 40.5 Å². The lowest BCUT2D eigenvalue weighted by atomic mass is 10.2. The van der Waals surface area contributed by atoms with Gasteiger partial charge < -0.3 is 0 Å². The average molecular weight is 275 g/mol. The summed E-state index contributed by atoms with van der Waals surface area (Å²) in [5.74, 6) is 0.545. The van der Waals surface area contributed by atoms with Gasteiger partial charge in [-0.2, -0.15) is 5.10 Å². The molecule has 0 aromatic heterocycles. The van der Waals surface area contributed by atoms with Crippen molar-refractivity contribution in [2.75, 3.05) is 5.75 Å². The minimum atomic E-state index is 0.0944. The van der Waals surface area contributed by atoms with E-state index in [-0.39, 0.29) is 5.91 Å². The number of carbonyl (C=O) groups excluding carboxylic acids is 1. The highest BCUT2D eigenvalue weighted by molar-refractivity contribution is 8.15. The molecule has 19 heavy (non-hydrogen) atoms. The molecule has 0 radical (unpaired) electrons. The lowest BCUT2D eigenvalue weighted by molar-refractivity contribution is -0.124. The minimum absolute atomic E-state index is 0.0944. The molecule has 0 atom stereocenters. The lowest BCUT2D eigenvalue weighted by Gasteiger charge is -2.15. The first kappa shape index (κ1) is 13.8. The van der Waals surface area contributed by atoms with Gasteiger partial charge >= 0.3 is 0 Å². The topological polar surface area (TPSA) is 45.0 Å². The van der Waals surface area contributed by atoms with Gasteiger partial charge in [0.15, 0.2) is 5.17 Å². The van der Waals surface area contributed by atoms with Crippen molar-refractivity contribution in [1.29, 1.82) is 0 Å². The lowest BCUT2D eigenvalue weighted by Crippen LogP contribution is -2.28. The Labute approximate surface area is 117 Å². The normalized spacial score (nSPS) is 18.4. The zero-order valence-electron chi connectivity index (χ0n) is 11.2. The van der Waals surface area contributed by atoms with Crippen molar-refractivity contribution in [3.8, 4) is 0 Å². The average Bonchev–Trinajstić information content (AvgIpc) is 2.78. The van der Waals surface area contributed by atoms with Gasteiger partial charge in [-0.25, -0.2) is 0 Å². The maximum atomic E-state index is 11.9. The van der Waals surface area contributed by atoms with Gasteiger partial charge in [0.05, 0.1) is 12.3 Å². The van der Waals surface area contributed by atoms with Crippen LogP contribution in [-0.4, -0.2) is 27.4 Å². The number of thioether (sulfide) groups is 1. The van der Waals surface area contributed by atoms with Crippen molar-refractivity contribution >= 4 is 28.5 Å². The molecule has 1 aromatic rings. The predicted octanol–water partition coefficient (Wildman–Crippen LogP) is 2.90. The molecule has 1 aliphatic rings. The van der Waals surface area contributed by atoms with E-state index in [0.29, 0.717) is 17.5 Å². The van der Waals surface area contributed by atoms with Crippen molar-refractivity contribution in [3.63, 3.8) is 0 Å². The second-order valence-corrected chi connectivity index (χ2v) is 5.27. The summed E-state index contributed by atoms with van der Waals surface area (Å²) in [7, 11) is 0. The standard InChI is InChI=1S/C14H17N3OS/c1-3-11(2)15-16-14-17(13(18)10-19-14)9-12-7-5-4-6-8-12/h4-8H,3,9-10H2,1-2H3/b15-11-,16-14+. The number of nitrogens with zero attached hydrogens (tertiary/aromatic N) is 3. The van der Waals surface area contributed by atoms with Crippen LogP contribution in [0.1, 0.15) is 25.8 Å². The first-order valence-corrected chi connectivity index (χ1v) is 7.27. The SMILES string of the molecule is CC/C(C)=N\N=C1\SCC(=O)N1Cc1ccccc1. The van der Waals surface area contributed by atoms with Crippen molar-refractivity contribution in [1.82, 2.24) is 4.90 Å². The highest BCUT2D eigenvalue weighted by atomic mass is 32.2. The quantitative estimate of drug-likeness (QED) is 0.626. The van der Waals surface area contributed by atoms with E-state index >= 15 is 0 Å². The van der Waals surface area contributed by atoms with Crippen LogP contribution in [0.25, 0.3) is 0 Å². The fraction of sp³-hybridized carbons (Fsp3) is 0.357. The van der Waals surface area contributed by atoms with E-state index in [2.05, 4.69) is 10.2 Å². The number of rotatable bonds is 4. The van der Waals surface area contributed by atoms with Gasteiger partial charge in [-0.15, -0.1) is 5.10 Å². The Balaban J connectivity index is 2.14. The number of benzene rings is 1. The van der Waals surface area contributed by atoms with Crippen LogP contribution in [0.5, 0.6) is 0 Å². The largest absolute Gasteiger partial charge is 0.285 e. The Hall–Kier alpha value is -1.62. The van der Waals surface area contributed by atoms with Crippen molar-refractivity contribution in [3.05, 3.63) is 35.9 Å². The third-order valence-corrected chi connectivity index (χ3v) is 3.81. The summed E-state index contributed by atoms with van der Waals surface area (Å²) in [6.45, 7) is 4.53. The van der Waals surface area contributed by atoms with Crippen molar-refractivity contribution < 1.29 is 4.79 Å². The summed E-state index contributed by atoms with van der Waals surface area (Å²) < 4.78 is 0. The minimum Gasteiger partial charge on any atom is -0.285 e. The van der Waals surface area contributed by atoms with Crippen LogP contribution in [0.2, 0.25) is 0 Å². The molecular formula is C14H17N3OS. The van der Waals surface area contributed by atoms with Gasteiger partial charge in [0.1, 0.15) is 0 Å². The molecule has 100 valence electrons. The van der Waals surface area contributed by atoms with Crippen LogP contribution in [0, 0.1) is 0 Å². The summed E-state index contributed by atoms with van der Waals surface area (Å²) in [5, 5.41) is 9.03. The highest BCUT2D eigenvalue weighted by Gasteiger charge is 2.28. The summed E-state index contributed by atoms with van der Waals surface area (Å²) in [6, 6.07) is 9.93. The van der Waals surface area contributed by atoms with E-state index in [0.717, 1.165) is 17.7 Å². The van der Waals surface area contributed by atoms with Crippen molar-refractivity contribution in [2.45, 2.75) is 26.8 Å². The molecule has 1 aliphatic heterocycles. The van der Waals surface area contributed by atoms with Crippen LogP contribution < -0.4 is 0 Å². The highest BCUT2D eigenvalue weighted by Crippen LogP contribution is 2.22. The van der Waals surface area contributed by atoms with Crippen LogP contribution in [0.3, 0.4) is 0 Å². The third kappa shape index (κ3) is 3.67. The molecule has 0 N–H and O–H groups in total. The maximum Gasteiger partial charge on any atom is 0.239 e. The van der Waals surface area contributed by atoms with Gasteiger partial charge in [0.25, 0.3) is 0 Å². The van der Waals surface area contributed by atoms with E-state index in [1.54, 1.807) is 4.90 Å². The fourth-order valence-corrected chi connectivity index (χ4v) is 2.42. The summed E-state index contributed by atoms with van der Waals surface area (Å²) >= 11 is 1.45. The Morgan fingerprint density at radius 1 is 1.37 bits per heavy atom.